The molecule has 4 heteroatoms. The summed E-state index contributed by atoms with van der Waals surface area (Å²) in [5.41, 5.74) is 2.72. The van der Waals surface area contributed by atoms with Crippen LogP contribution in [0.2, 0.25) is 0 Å². The Morgan fingerprint density at radius 2 is 2.31 bits per heavy atom. The van der Waals surface area contributed by atoms with Crippen molar-refractivity contribution >= 4 is 11.3 Å². The highest BCUT2D eigenvalue weighted by Crippen LogP contribution is 2.07. The van der Waals surface area contributed by atoms with Gasteiger partial charge in [-0.05, 0) is 28.5 Å². The second kappa shape index (κ2) is 5.40. The molecule has 2 aromatic rings. The van der Waals surface area contributed by atoms with Crippen molar-refractivity contribution in [2.45, 2.75) is 13.1 Å². The van der Waals surface area contributed by atoms with E-state index in [1.54, 1.807) is 17.5 Å². The zero-order chi connectivity index (χ0) is 11.2. The molecule has 0 spiro atoms. The Bertz CT molecular complexity index is 485. The van der Waals surface area contributed by atoms with Gasteiger partial charge in [-0.3, -0.25) is 0 Å². The van der Waals surface area contributed by atoms with Crippen molar-refractivity contribution < 1.29 is 0 Å². The van der Waals surface area contributed by atoms with Gasteiger partial charge < -0.3 is 5.32 Å². The fourth-order valence-electron chi connectivity index (χ4n) is 1.42. The summed E-state index contributed by atoms with van der Waals surface area (Å²) in [5.74, 6) is 0. The van der Waals surface area contributed by atoms with Crippen LogP contribution < -0.4 is 5.32 Å². The molecule has 2 aromatic heterocycles. The molecule has 0 aromatic carbocycles. The standard InChI is InChI=1S/C12H11N3S/c13-6-12-11(2-1-4-15-12)8-14-7-10-3-5-16-9-10/h1-5,9,14H,7-8H2. The second-order valence-corrected chi connectivity index (χ2v) is 4.14. The number of nitriles is 1. The van der Waals surface area contributed by atoms with Crippen molar-refractivity contribution in [2.75, 3.05) is 0 Å². The van der Waals surface area contributed by atoms with Crippen molar-refractivity contribution in [3.8, 4) is 6.07 Å². The smallest absolute Gasteiger partial charge is 0.144 e. The molecule has 0 atom stereocenters. The Balaban J connectivity index is 1.93. The van der Waals surface area contributed by atoms with Gasteiger partial charge in [0, 0.05) is 24.8 Å². The van der Waals surface area contributed by atoms with E-state index in [1.807, 2.05) is 12.1 Å². The Morgan fingerprint density at radius 1 is 1.38 bits per heavy atom. The third-order valence-electron chi connectivity index (χ3n) is 2.22. The molecule has 3 nitrogen and oxygen atoms in total. The van der Waals surface area contributed by atoms with Crippen LogP contribution in [0.3, 0.4) is 0 Å². The predicted octanol–water partition coefficient (Wildman–Crippen LogP) is 2.30. The maximum absolute atomic E-state index is 8.86. The maximum Gasteiger partial charge on any atom is 0.144 e. The van der Waals surface area contributed by atoms with Gasteiger partial charge in [0.05, 0.1) is 0 Å². The molecule has 2 heterocycles. The normalized spacial score (nSPS) is 9.94. The summed E-state index contributed by atoms with van der Waals surface area (Å²) in [5, 5.41) is 16.3. The molecule has 16 heavy (non-hydrogen) atoms. The number of aromatic nitrogens is 1. The van der Waals surface area contributed by atoms with E-state index in [-0.39, 0.29) is 0 Å². The van der Waals surface area contributed by atoms with Crippen LogP contribution in [0.5, 0.6) is 0 Å². The minimum atomic E-state index is 0.500. The van der Waals surface area contributed by atoms with Gasteiger partial charge >= 0.3 is 0 Å². The Morgan fingerprint density at radius 3 is 3.06 bits per heavy atom. The van der Waals surface area contributed by atoms with Crippen molar-refractivity contribution in [2.24, 2.45) is 0 Å². The number of nitrogens with one attached hydrogen (secondary N) is 1. The summed E-state index contributed by atoms with van der Waals surface area (Å²) >= 11 is 1.69. The predicted molar refractivity (Wildman–Crippen MR) is 63.8 cm³/mol. The molecule has 0 aliphatic rings. The quantitative estimate of drug-likeness (QED) is 0.875. The van der Waals surface area contributed by atoms with E-state index >= 15 is 0 Å². The number of pyridine rings is 1. The fourth-order valence-corrected chi connectivity index (χ4v) is 2.09. The van der Waals surface area contributed by atoms with Crippen LogP contribution in [-0.4, -0.2) is 4.98 Å². The molecule has 0 radical (unpaired) electrons. The molecular weight excluding hydrogens is 218 g/mol. The lowest BCUT2D eigenvalue weighted by Gasteiger charge is -2.04. The molecular formula is C12H11N3S. The average molecular weight is 229 g/mol. The fraction of sp³-hybridized carbons (Fsp3) is 0.167. The molecule has 2 rings (SSSR count). The minimum Gasteiger partial charge on any atom is -0.308 e. The van der Waals surface area contributed by atoms with E-state index in [1.165, 1.54) is 5.56 Å². The summed E-state index contributed by atoms with van der Waals surface area (Å²) < 4.78 is 0. The van der Waals surface area contributed by atoms with Gasteiger partial charge in [-0.1, -0.05) is 6.07 Å². The summed E-state index contributed by atoms with van der Waals surface area (Å²) in [6, 6.07) is 7.95. The van der Waals surface area contributed by atoms with Crippen LogP contribution in [-0.2, 0) is 13.1 Å². The van der Waals surface area contributed by atoms with Gasteiger partial charge in [0.2, 0.25) is 0 Å². The van der Waals surface area contributed by atoms with Crippen LogP contribution >= 0.6 is 11.3 Å². The lowest BCUT2D eigenvalue weighted by molar-refractivity contribution is 0.691. The average Bonchev–Trinajstić information content (AvgIpc) is 2.83. The van der Waals surface area contributed by atoms with Gasteiger partial charge in [-0.2, -0.15) is 16.6 Å². The first-order valence-electron chi connectivity index (χ1n) is 4.96. The molecule has 0 unspecified atom stereocenters. The Hall–Kier alpha value is -1.70. The van der Waals surface area contributed by atoms with Gasteiger partial charge in [0.15, 0.2) is 0 Å². The highest BCUT2D eigenvalue weighted by molar-refractivity contribution is 7.07. The Labute approximate surface area is 98.4 Å². The lowest BCUT2D eigenvalue weighted by atomic mass is 10.2. The van der Waals surface area contributed by atoms with Crippen LogP contribution in [0.4, 0.5) is 0 Å². The zero-order valence-electron chi connectivity index (χ0n) is 8.68. The monoisotopic (exact) mass is 229 g/mol. The van der Waals surface area contributed by atoms with E-state index in [0.717, 1.165) is 12.1 Å². The molecule has 1 N–H and O–H groups in total. The Kier molecular flexibility index (Phi) is 3.65. The number of hydrogen-bond acceptors (Lipinski definition) is 4. The molecule has 0 aliphatic heterocycles. The van der Waals surface area contributed by atoms with Crippen molar-refractivity contribution in [1.82, 2.24) is 10.3 Å². The van der Waals surface area contributed by atoms with Crippen LogP contribution in [0.15, 0.2) is 35.2 Å². The van der Waals surface area contributed by atoms with Crippen LogP contribution in [0.1, 0.15) is 16.8 Å². The zero-order valence-corrected chi connectivity index (χ0v) is 9.50. The SMILES string of the molecule is N#Cc1ncccc1CNCc1ccsc1. The molecule has 0 saturated carbocycles. The van der Waals surface area contributed by atoms with Gasteiger partial charge in [-0.15, -0.1) is 0 Å². The van der Waals surface area contributed by atoms with Crippen molar-refractivity contribution in [1.29, 1.82) is 5.26 Å². The second-order valence-electron chi connectivity index (χ2n) is 3.36. The number of thiophene rings is 1. The third kappa shape index (κ3) is 2.66. The number of hydrogen-bond donors (Lipinski definition) is 1. The first-order chi connectivity index (χ1) is 7.90. The van der Waals surface area contributed by atoms with Gasteiger partial charge in [0.25, 0.3) is 0 Å². The molecule has 0 fully saturated rings. The first-order valence-corrected chi connectivity index (χ1v) is 5.90. The number of nitrogens with zero attached hydrogens (tertiary/aromatic N) is 2. The minimum absolute atomic E-state index is 0.500. The first kappa shape index (κ1) is 10.8. The van der Waals surface area contributed by atoms with E-state index in [9.17, 15) is 0 Å². The lowest BCUT2D eigenvalue weighted by Crippen LogP contribution is -2.13. The molecule has 0 amide bonds. The summed E-state index contributed by atoms with van der Waals surface area (Å²) in [7, 11) is 0. The topological polar surface area (TPSA) is 48.7 Å². The van der Waals surface area contributed by atoms with Crippen LogP contribution in [0.25, 0.3) is 0 Å². The van der Waals surface area contributed by atoms with Gasteiger partial charge in [0.1, 0.15) is 11.8 Å². The van der Waals surface area contributed by atoms with E-state index in [2.05, 4.69) is 33.2 Å². The molecule has 80 valence electrons. The molecule has 0 bridgehead atoms. The third-order valence-corrected chi connectivity index (χ3v) is 2.95. The van der Waals surface area contributed by atoms with Crippen LogP contribution in [0, 0.1) is 11.3 Å². The largest absolute Gasteiger partial charge is 0.308 e. The summed E-state index contributed by atoms with van der Waals surface area (Å²) in [4.78, 5) is 4.01. The van der Waals surface area contributed by atoms with Crippen molar-refractivity contribution in [3.63, 3.8) is 0 Å². The summed E-state index contributed by atoms with van der Waals surface area (Å²) in [6.45, 7) is 1.50. The van der Waals surface area contributed by atoms with E-state index < -0.39 is 0 Å². The van der Waals surface area contributed by atoms with E-state index in [4.69, 9.17) is 5.26 Å². The molecule has 0 saturated heterocycles. The molecule has 0 aliphatic carbocycles. The maximum atomic E-state index is 8.86. The summed E-state index contributed by atoms with van der Waals surface area (Å²) in [6.07, 6.45) is 1.64. The van der Waals surface area contributed by atoms with Crippen molar-refractivity contribution in [3.05, 3.63) is 52.0 Å². The number of rotatable bonds is 4. The highest BCUT2D eigenvalue weighted by atomic mass is 32.1. The van der Waals surface area contributed by atoms with E-state index in [0.29, 0.717) is 12.2 Å². The highest BCUT2D eigenvalue weighted by Gasteiger charge is 2.01. The van der Waals surface area contributed by atoms with Gasteiger partial charge in [-0.25, -0.2) is 4.98 Å².